The van der Waals surface area contributed by atoms with Crippen LogP contribution in [0.15, 0.2) is 77.8 Å². The van der Waals surface area contributed by atoms with Gasteiger partial charge in [-0.2, -0.15) is 10.2 Å². The van der Waals surface area contributed by atoms with Crippen LogP contribution >= 0.6 is 0 Å². The van der Waals surface area contributed by atoms with Crippen molar-refractivity contribution < 1.29 is 9.21 Å². The topological polar surface area (TPSA) is 90.8 Å². The predicted molar refractivity (Wildman–Crippen MR) is 121 cm³/mol. The molecule has 4 aromatic heterocycles. The van der Waals surface area contributed by atoms with Crippen LogP contribution in [0.5, 0.6) is 0 Å². The normalized spacial score (nSPS) is 11.3. The first-order valence-corrected chi connectivity index (χ1v) is 10.4. The fourth-order valence-electron chi connectivity index (χ4n) is 3.66. The van der Waals surface area contributed by atoms with Crippen LogP contribution in [0.4, 0.5) is 5.69 Å². The second kappa shape index (κ2) is 8.14. The van der Waals surface area contributed by atoms with Crippen molar-refractivity contribution in [2.24, 2.45) is 0 Å². The highest BCUT2D eigenvalue weighted by molar-refractivity contribution is 6.12. The first-order chi connectivity index (χ1) is 15.6. The number of carbonyl (C=O) groups is 1. The van der Waals surface area contributed by atoms with Gasteiger partial charge in [0.2, 0.25) is 0 Å². The second-order valence-corrected chi connectivity index (χ2v) is 7.81. The molecule has 1 amide bonds. The Kier molecular flexibility index (Phi) is 5.03. The minimum absolute atomic E-state index is 0.0988. The minimum atomic E-state index is -0.232. The Morgan fingerprint density at radius 3 is 2.78 bits per heavy atom. The number of hydrogen-bond acceptors (Lipinski definition) is 5. The van der Waals surface area contributed by atoms with Crippen molar-refractivity contribution in [3.8, 4) is 11.5 Å². The molecule has 8 heteroatoms. The molecule has 32 heavy (non-hydrogen) atoms. The highest BCUT2D eigenvalue weighted by Crippen LogP contribution is 2.27. The summed E-state index contributed by atoms with van der Waals surface area (Å²) in [7, 11) is 0. The molecule has 5 aromatic rings. The van der Waals surface area contributed by atoms with E-state index < -0.39 is 0 Å². The Morgan fingerprint density at radius 1 is 1.12 bits per heavy atom. The monoisotopic (exact) mass is 426 g/mol. The van der Waals surface area contributed by atoms with Gasteiger partial charge in [-0.15, -0.1) is 0 Å². The van der Waals surface area contributed by atoms with Gasteiger partial charge in [0.1, 0.15) is 5.69 Å². The smallest absolute Gasteiger partial charge is 0.256 e. The first kappa shape index (κ1) is 19.7. The Hall–Kier alpha value is -4.20. The highest BCUT2D eigenvalue weighted by atomic mass is 16.3. The van der Waals surface area contributed by atoms with Gasteiger partial charge in [-0.05, 0) is 55.8 Å². The van der Waals surface area contributed by atoms with Crippen molar-refractivity contribution in [2.75, 3.05) is 5.32 Å². The van der Waals surface area contributed by atoms with Gasteiger partial charge in [0.05, 0.1) is 30.0 Å². The summed E-state index contributed by atoms with van der Waals surface area (Å²) in [4.78, 5) is 18.1. The van der Waals surface area contributed by atoms with Gasteiger partial charge in [-0.1, -0.05) is 12.1 Å². The van der Waals surface area contributed by atoms with Crippen LogP contribution in [0.25, 0.3) is 22.5 Å². The fraction of sp³-hybridized carbons (Fsp3) is 0.167. The van der Waals surface area contributed by atoms with E-state index in [-0.39, 0.29) is 11.9 Å². The Bertz CT molecular complexity index is 1370. The maximum absolute atomic E-state index is 13.3. The molecule has 0 bridgehead atoms. The quantitative estimate of drug-likeness (QED) is 0.422. The summed E-state index contributed by atoms with van der Waals surface area (Å²) in [5, 5.41) is 12.4. The van der Waals surface area contributed by atoms with Crippen molar-refractivity contribution in [3.05, 3.63) is 84.5 Å². The maximum atomic E-state index is 13.3. The molecule has 0 aliphatic heterocycles. The molecule has 1 N–H and O–H groups in total. The van der Waals surface area contributed by atoms with Gasteiger partial charge < -0.3 is 9.73 Å². The van der Waals surface area contributed by atoms with Gasteiger partial charge >= 0.3 is 0 Å². The van der Waals surface area contributed by atoms with E-state index in [1.165, 1.54) is 0 Å². The largest absolute Gasteiger partial charge is 0.463 e. The number of nitrogens with zero attached hydrogens (tertiary/aromatic N) is 5. The lowest BCUT2D eigenvalue weighted by atomic mass is 10.1. The number of hydrogen-bond donors (Lipinski definition) is 1. The zero-order valence-electron chi connectivity index (χ0n) is 17.8. The molecule has 0 unspecified atom stereocenters. The van der Waals surface area contributed by atoms with Crippen LogP contribution in [0.3, 0.4) is 0 Å². The van der Waals surface area contributed by atoms with Gasteiger partial charge in [-0.3, -0.25) is 9.48 Å². The molecule has 0 saturated carbocycles. The maximum Gasteiger partial charge on any atom is 0.256 e. The lowest BCUT2D eigenvalue weighted by Crippen LogP contribution is -2.14. The molecular formula is C24H22N6O2. The van der Waals surface area contributed by atoms with E-state index in [0.29, 0.717) is 40.3 Å². The van der Waals surface area contributed by atoms with E-state index in [0.717, 1.165) is 5.56 Å². The van der Waals surface area contributed by atoms with E-state index in [4.69, 9.17) is 9.40 Å². The third kappa shape index (κ3) is 3.78. The van der Waals surface area contributed by atoms with Crippen molar-refractivity contribution >= 4 is 22.6 Å². The number of fused-ring (bicyclic) bond motifs is 1. The zero-order chi connectivity index (χ0) is 22.1. The van der Waals surface area contributed by atoms with Crippen molar-refractivity contribution in [3.63, 3.8) is 0 Å². The summed E-state index contributed by atoms with van der Waals surface area (Å²) in [6.07, 6.45) is 6.93. The number of nitrogens with one attached hydrogen (secondary N) is 1. The Labute approximate surface area is 184 Å². The highest BCUT2D eigenvalue weighted by Gasteiger charge is 2.19. The van der Waals surface area contributed by atoms with Crippen LogP contribution < -0.4 is 5.32 Å². The molecule has 4 heterocycles. The van der Waals surface area contributed by atoms with Crippen molar-refractivity contribution in [1.82, 2.24) is 24.5 Å². The molecule has 5 rings (SSSR count). The summed E-state index contributed by atoms with van der Waals surface area (Å²) in [5.41, 5.74) is 3.47. The number of furan rings is 1. The standard InChI is InChI=1S/C24H22N6O2/c1-16(2)30-23-20(14-26-30)19(13-21(28-23)22-8-4-11-32-22)24(31)27-18-7-3-6-17(12-18)15-29-10-5-9-25-29/h3-14,16H,15H2,1-2H3,(H,27,31). The van der Waals surface area contributed by atoms with E-state index in [2.05, 4.69) is 15.5 Å². The Morgan fingerprint density at radius 2 is 2.03 bits per heavy atom. The molecule has 0 spiro atoms. The summed E-state index contributed by atoms with van der Waals surface area (Å²) in [6, 6.07) is 15.1. The molecule has 0 fully saturated rings. The molecule has 0 aliphatic rings. The fourth-order valence-corrected chi connectivity index (χ4v) is 3.66. The lowest BCUT2D eigenvalue weighted by Gasteiger charge is -2.11. The average Bonchev–Trinajstić information content (AvgIpc) is 3.54. The van der Waals surface area contributed by atoms with Crippen LogP contribution in [-0.2, 0) is 6.54 Å². The molecule has 160 valence electrons. The van der Waals surface area contributed by atoms with Crippen molar-refractivity contribution in [1.29, 1.82) is 0 Å². The van der Waals surface area contributed by atoms with Crippen LogP contribution in [0.1, 0.15) is 35.8 Å². The lowest BCUT2D eigenvalue weighted by molar-refractivity contribution is 0.102. The molecule has 8 nitrogen and oxygen atoms in total. The van der Waals surface area contributed by atoms with E-state index in [1.807, 2.05) is 65.8 Å². The number of anilines is 1. The van der Waals surface area contributed by atoms with Gasteiger partial charge in [0.25, 0.3) is 5.91 Å². The molecule has 0 aliphatic carbocycles. The summed E-state index contributed by atoms with van der Waals surface area (Å²) in [6.45, 7) is 4.68. The molecule has 0 atom stereocenters. The van der Waals surface area contributed by atoms with Crippen molar-refractivity contribution in [2.45, 2.75) is 26.4 Å². The van der Waals surface area contributed by atoms with E-state index in [1.54, 1.807) is 30.8 Å². The predicted octanol–water partition coefficient (Wildman–Crippen LogP) is 4.77. The number of amides is 1. The third-order valence-electron chi connectivity index (χ3n) is 5.16. The molecule has 0 saturated heterocycles. The molecule has 0 radical (unpaired) electrons. The minimum Gasteiger partial charge on any atom is -0.463 e. The number of rotatable bonds is 6. The van der Waals surface area contributed by atoms with Gasteiger partial charge in [0.15, 0.2) is 11.4 Å². The molecular weight excluding hydrogens is 404 g/mol. The van der Waals surface area contributed by atoms with Gasteiger partial charge in [-0.25, -0.2) is 9.67 Å². The van der Waals surface area contributed by atoms with E-state index in [9.17, 15) is 4.79 Å². The number of benzene rings is 1. The van der Waals surface area contributed by atoms with Gasteiger partial charge in [0, 0.05) is 24.1 Å². The van der Waals surface area contributed by atoms with Crippen LogP contribution in [-0.4, -0.2) is 30.5 Å². The number of aromatic nitrogens is 5. The zero-order valence-corrected chi connectivity index (χ0v) is 17.8. The van der Waals surface area contributed by atoms with Crippen LogP contribution in [0.2, 0.25) is 0 Å². The number of pyridine rings is 1. The summed E-state index contributed by atoms with van der Waals surface area (Å²) in [5.74, 6) is 0.364. The average molecular weight is 426 g/mol. The van der Waals surface area contributed by atoms with E-state index >= 15 is 0 Å². The Balaban J connectivity index is 1.50. The summed E-state index contributed by atoms with van der Waals surface area (Å²) < 4.78 is 9.18. The second-order valence-electron chi connectivity index (χ2n) is 7.81. The third-order valence-corrected chi connectivity index (χ3v) is 5.16. The SMILES string of the molecule is CC(C)n1ncc2c(C(=O)Nc3cccc(Cn4cccn4)c3)cc(-c3ccco3)nc21. The van der Waals surface area contributed by atoms with Crippen LogP contribution in [0, 0.1) is 0 Å². The first-order valence-electron chi connectivity index (χ1n) is 10.4. The number of carbonyl (C=O) groups excluding carboxylic acids is 1. The summed E-state index contributed by atoms with van der Waals surface area (Å²) >= 11 is 0. The molecule has 1 aromatic carbocycles.